The molecular weight excluding hydrogens is 440 g/mol. The molecule has 0 bridgehead atoms. The molecule has 0 aliphatic rings. The van der Waals surface area contributed by atoms with Crippen LogP contribution in [0.25, 0.3) is 11.4 Å². The van der Waals surface area contributed by atoms with Crippen LogP contribution in [0.1, 0.15) is 13.8 Å². The summed E-state index contributed by atoms with van der Waals surface area (Å²) in [6.07, 6.45) is 1.89. The minimum atomic E-state index is -0.149. The van der Waals surface area contributed by atoms with E-state index >= 15 is 0 Å². The molecule has 166 valence electrons. The van der Waals surface area contributed by atoms with Gasteiger partial charge in [-0.05, 0) is 38.1 Å². The number of amides is 1. The van der Waals surface area contributed by atoms with E-state index in [9.17, 15) is 4.79 Å². The summed E-state index contributed by atoms with van der Waals surface area (Å²) in [5.41, 5.74) is 1.44. The van der Waals surface area contributed by atoms with E-state index in [2.05, 4.69) is 20.6 Å². The number of benzene rings is 1. The summed E-state index contributed by atoms with van der Waals surface area (Å²) in [7, 11) is 1.64. The number of rotatable bonds is 11. The second kappa shape index (κ2) is 11.2. The smallest absolute Gasteiger partial charge is 0.243 e. The van der Waals surface area contributed by atoms with E-state index in [0.29, 0.717) is 53.9 Å². The topological polar surface area (TPSA) is 96.1 Å². The number of hydrogen-bond acceptors (Lipinski definition) is 7. The van der Waals surface area contributed by atoms with Crippen LogP contribution in [0.5, 0.6) is 5.88 Å². The van der Waals surface area contributed by atoms with Gasteiger partial charge >= 0.3 is 0 Å². The Morgan fingerprint density at radius 1 is 1.23 bits per heavy atom. The molecule has 0 aliphatic carbocycles. The molecule has 0 unspecified atom stereocenters. The van der Waals surface area contributed by atoms with Crippen molar-refractivity contribution in [3.63, 3.8) is 0 Å². The van der Waals surface area contributed by atoms with Crippen LogP contribution >= 0.6 is 23.4 Å². The van der Waals surface area contributed by atoms with Crippen molar-refractivity contribution in [3.05, 3.63) is 35.5 Å². The second-order valence-corrected chi connectivity index (χ2v) is 7.81. The number of aromatic nitrogens is 5. The Morgan fingerprint density at radius 2 is 2.00 bits per heavy atom. The molecule has 0 saturated heterocycles. The number of nitrogens with one attached hydrogen (secondary N) is 1. The highest BCUT2D eigenvalue weighted by molar-refractivity contribution is 7.99. The average Bonchev–Trinajstić information content (AvgIpc) is 3.36. The van der Waals surface area contributed by atoms with Gasteiger partial charge in [0.15, 0.2) is 11.0 Å². The van der Waals surface area contributed by atoms with Crippen molar-refractivity contribution in [2.45, 2.75) is 32.1 Å². The molecule has 1 aromatic carbocycles. The standard InChI is InChI=1S/C20H25ClN6O3S/c1-4-26-12-16(19(25-26)30-5-2)18-23-24-20(27(18)10-11-29-3)31-13-17(28)22-15-8-6-14(21)7-9-15/h6-9,12H,4-5,10-11,13H2,1-3H3,(H,22,28). The van der Waals surface area contributed by atoms with Crippen molar-refractivity contribution in [2.75, 3.05) is 31.4 Å². The van der Waals surface area contributed by atoms with Crippen LogP contribution in [0.15, 0.2) is 35.6 Å². The van der Waals surface area contributed by atoms with Gasteiger partial charge in [-0.1, -0.05) is 23.4 Å². The van der Waals surface area contributed by atoms with Crippen molar-refractivity contribution >= 4 is 35.0 Å². The van der Waals surface area contributed by atoms with Crippen LogP contribution in [-0.2, 0) is 22.6 Å². The van der Waals surface area contributed by atoms with Gasteiger partial charge in [0.25, 0.3) is 0 Å². The molecular formula is C20H25ClN6O3S. The van der Waals surface area contributed by atoms with Gasteiger partial charge in [0.1, 0.15) is 5.56 Å². The van der Waals surface area contributed by atoms with Crippen LogP contribution in [0.4, 0.5) is 5.69 Å². The minimum Gasteiger partial charge on any atom is -0.476 e. The molecule has 2 aromatic heterocycles. The quantitative estimate of drug-likeness (QED) is 0.433. The molecule has 0 atom stereocenters. The molecule has 0 radical (unpaired) electrons. The lowest BCUT2D eigenvalue weighted by molar-refractivity contribution is -0.113. The number of carbonyl (C=O) groups excluding carboxylic acids is 1. The average molecular weight is 465 g/mol. The third-order valence-electron chi connectivity index (χ3n) is 4.27. The number of ether oxygens (including phenoxy) is 2. The lowest BCUT2D eigenvalue weighted by Gasteiger charge is -2.10. The van der Waals surface area contributed by atoms with Gasteiger partial charge in [-0.3, -0.25) is 14.0 Å². The minimum absolute atomic E-state index is 0.149. The summed E-state index contributed by atoms with van der Waals surface area (Å²) in [6.45, 7) is 6.11. The number of halogens is 1. The lowest BCUT2D eigenvalue weighted by atomic mass is 10.3. The van der Waals surface area contributed by atoms with E-state index in [1.165, 1.54) is 11.8 Å². The fourth-order valence-electron chi connectivity index (χ4n) is 2.80. The Balaban J connectivity index is 1.78. The predicted molar refractivity (Wildman–Crippen MR) is 121 cm³/mol. The van der Waals surface area contributed by atoms with Crippen LogP contribution in [0, 0.1) is 0 Å². The highest BCUT2D eigenvalue weighted by Crippen LogP contribution is 2.30. The van der Waals surface area contributed by atoms with E-state index in [1.807, 2.05) is 24.6 Å². The maximum atomic E-state index is 12.4. The fourth-order valence-corrected chi connectivity index (χ4v) is 3.69. The van der Waals surface area contributed by atoms with Crippen LogP contribution in [0.2, 0.25) is 5.02 Å². The maximum absolute atomic E-state index is 12.4. The molecule has 3 rings (SSSR count). The number of anilines is 1. The summed E-state index contributed by atoms with van der Waals surface area (Å²) >= 11 is 7.19. The third kappa shape index (κ3) is 5.99. The number of thioether (sulfide) groups is 1. The first-order valence-corrected chi connectivity index (χ1v) is 11.2. The van der Waals surface area contributed by atoms with Crippen molar-refractivity contribution in [2.24, 2.45) is 0 Å². The Labute approximate surface area is 190 Å². The van der Waals surface area contributed by atoms with Gasteiger partial charge in [-0.2, -0.15) is 0 Å². The molecule has 0 aliphatic heterocycles. The van der Waals surface area contributed by atoms with E-state index in [-0.39, 0.29) is 11.7 Å². The summed E-state index contributed by atoms with van der Waals surface area (Å²) < 4.78 is 14.7. The van der Waals surface area contributed by atoms with Gasteiger partial charge in [0.2, 0.25) is 11.8 Å². The lowest BCUT2D eigenvalue weighted by Crippen LogP contribution is -2.15. The molecule has 9 nitrogen and oxygen atoms in total. The number of aryl methyl sites for hydroxylation is 1. The molecule has 1 N–H and O–H groups in total. The first-order valence-electron chi connectivity index (χ1n) is 9.86. The van der Waals surface area contributed by atoms with Gasteiger partial charge in [-0.15, -0.1) is 15.3 Å². The fraction of sp³-hybridized carbons (Fsp3) is 0.400. The summed E-state index contributed by atoms with van der Waals surface area (Å²) in [5.74, 6) is 1.16. The molecule has 1 amide bonds. The Morgan fingerprint density at radius 3 is 2.68 bits per heavy atom. The molecule has 2 heterocycles. The zero-order chi connectivity index (χ0) is 22.2. The highest BCUT2D eigenvalue weighted by atomic mass is 35.5. The molecule has 31 heavy (non-hydrogen) atoms. The number of nitrogens with zero attached hydrogens (tertiary/aromatic N) is 5. The van der Waals surface area contributed by atoms with Crippen molar-refractivity contribution < 1.29 is 14.3 Å². The number of methoxy groups -OCH3 is 1. The van der Waals surface area contributed by atoms with Gasteiger partial charge < -0.3 is 14.8 Å². The summed E-state index contributed by atoms with van der Waals surface area (Å²) in [5, 5.41) is 17.2. The SMILES string of the molecule is CCOc1nn(CC)cc1-c1nnc(SCC(=O)Nc2ccc(Cl)cc2)n1CCOC. The third-order valence-corrected chi connectivity index (χ3v) is 5.49. The van der Waals surface area contributed by atoms with Crippen molar-refractivity contribution in [3.8, 4) is 17.3 Å². The van der Waals surface area contributed by atoms with Gasteiger partial charge in [-0.25, -0.2) is 0 Å². The zero-order valence-electron chi connectivity index (χ0n) is 17.7. The molecule has 0 saturated carbocycles. The Hall–Kier alpha value is -2.56. The van der Waals surface area contributed by atoms with E-state index in [0.717, 1.165) is 5.56 Å². The van der Waals surface area contributed by atoms with Crippen molar-refractivity contribution in [1.29, 1.82) is 0 Å². The predicted octanol–water partition coefficient (Wildman–Crippen LogP) is 3.59. The first-order chi connectivity index (χ1) is 15.0. The van der Waals surface area contributed by atoms with E-state index in [4.69, 9.17) is 21.1 Å². The van der Waals surface area contributed by atoms with E-state index < -0.39 is 0 Å². The Kier molecular flexibility index (Phi) is 8.33. The molecule has 11 heteroatoms. The normalized spacial score (nSPS) is 11.0. The summed E-state index contributed by atoms with van der Waals surface area (Å²) in [4.78, 5) is 12.4. The highest BCUT2D eigenvalue weighted by Gasteiger charge is 2.21. The van der Waals surface area contributed by atoms with Crippen LogP contribution in [-0.4, -0.2) is 56.5 Å². The van der Waals surface area contributed by atoms with Crippen molar-refractivity contribution in [1.82, 2.24) is 24.5 Å². The van der Waals surface area contributed by atoms with Crippen LogP contribution < -0.4 is 10.1 Å². The molecule has 0 spiro atoms. The molecule has 3 aromatic rings. The van der Waals surface area contributed by atoms with E-state index in [1.54, 1.807) is 36.1 Å². The first kappa shape index (κ1) is 23.1. The second-order valence-electron chi connectivity index (χ2n) is 6.43. The monoisotopic (exact) mass is 464 g/mol. The number of carbonyl (C=O) groups is 1. The van der Waals surface area contributed by atoms with Gasteiger partial charge in [0, 0.05) is 30.6 Å². The maximum Gasteiger partial charge on any atom is 0.243 e. The largest absolute Gasteiger partial charge is 0.476 e. The summed E-state index contributed by atoms with van der Waals surface area (Å²) in [6, 6.07) is 6.96. The zero-order valence-corrected chi connectivity index (χ0v) is 19.2. The number of hydrogen-bond donors (Lipinski definition) is 1. The van der Waals surface area contributed by atoms with Gasteiger partial charge in [0.05, 0.1) is 25.5 Å². The van der Waals surface area contributed by atoms with Crippen LogP contribution in [0.3, 0.4) is 0 Å². The Bertz CT molecular complexity index is 1010. The molecule has 0 fully saturated rings.